The molecule has 6 heteroatoms. The third-order valence-corrected chi connectivity index (χ3v) is 3.95. The molecule has 0 aliphatic carbocycles. The fourth-order valence-electron chi connectivity index (χ4n) is 2.07. The van der Waals surface area contributed by atoms with E-state index in [0.717, 1.165) is 6.42 Å². The number of rotatable bonds is 1. The second-order valence-electron chi connectivity index (χ2n) is 4.79. The summed E-state index contributed by atoms with van der Waals surface area (Å²) in [4.78, 5) is 13.5. The zero-order chi connectivity index (χ0) is 14.2. The SMILES string of the molecule is CC1CCN(C(=O)c2cc(F)c(F)c(F)c2)CC1Cl. The van der Waals surface area contributed by atoms with Crippen LogP contribution in [-0.4, -0.2) is 29.3 Å². The number of alkyl halides is 1. The molecule has 2 unspecified atom stereocenters. The number of halogens is 4. The Hall–Kier alpha value is -1.23. The Morgan fingerprint density at radius 2 is 1.89 bits per heavy atom. The molecule has 1 aliphatic rings. The van der Waals surface area contributed by atoms with E-state index >= 15 is 0 Å². The normalized spacial score (nSPS) is 23.5. The summed E-state index contributed by atoms with van der Waals surface area (Å²) in [5, 5.41) is -0.187. The molecular weight excluding hydrogens is 279 g/mol. The van der Waals surface area contributed by atoms with Crippen LogP contribution in [0.15, 0.2) is 12.1 Å². The molecule has 1 amide bonds. The molecule has 1 aromatic rings. The van der Waals surface area contributed by atoms with Crippen molar-refractivity contribution in [2.24, 2.45) is 5.92 Å². The van der Waals surface area contributed by atoms with E-state index in [1.54, 1.807) is 0 Å². The fourth-order valence-corrected chi connectivity index (χ4v) is 2.36. The second kappa shape index (κ2) is 5.41. The number of amides is 1. The molecule has 0 spiro atoms. The van der Waals surface area contributed by atoms with Crippen molar-refractivity contribution >= 4 is 17.5 Å². The molecule has 19 heavy (non-hydrogen) atoms. The lowest BCUT2D eigenvalue weighted by atomic mass is 9.98. The highest BCUT2D eigenvalue weighted by atomic mass is 35.5. The lowest BCUT2D eigenvalue weighted by Crippen LogP contribution is -2.43. The molecule has 1 aromatic carbocycles. The van der Waals surface area contributed by atoms with Crippen LogP contribution >= 0.6 is 11.6 Å². The van der Waals surface area contributed by atoms with Crippen molar-refractivity contribution in [3.8, 4) is 0 Å². The van der Waals surface area contributed by atoms with Crippen molar-refractivity contribution in [3.63, 3.8) is 0 Å². The van der Waals surface area contributed by atoms with Gasteiger partial charge in [-0.1, -0.05) is 6.92 Å². The van der Waals surface area contributed by atoms with E-state index in [4.69, 9.17) is 11.6 Å². The van der Waals surface area contributed by atoms with Gasteiger partial charge in [0.1, 0.15) is 0 Å². The number of hydrogen-bond donors (Lipinski definition) is 0. The summed E-state index contributed by atoms with van der Waals surface area (Å²) in [7, 11) is 0. The quantitative estimate of drug-likeness (QED) is 0.575. The minimum atomic E-state index is -1.57. The van der Waals surface area contributed by atoms with Crippen LogP contribution in [0.25, 0.3) is 0 Å². The maximum absolute atomic E-state index is 13.1. The van der Waals surface area contributed by atoms with E-state index in [2.05, 4.69) is 0 Å². The molecule has 104 valence electrons. The largest absolute Gasteiger partial charge is 0.337 e. The molecule has 0 bridgehead atoms. The zero-order valence-corrected chi connectivity index (χ0v) is 11.1. The summed E-state index contributed by atoms with van der Waals surface area (Å²) in [5.74, 6) is -4.55. The van der Waals surface area contributed by atoms with Gasteiger partial charge in [0.05, 0.1) is 5.38 Å². The van der Waals surface area contributed by atoms with Gasteiger partial charge in [0.2, 0.25) is 0 Å². The summed E-state index contributed by atoms with van der Waals surface area (Å²) >= 11 is 6.08. The molecule has 1 fully saturated rings. The summed E-state index contributed by atoms with van der Waals surface area (Å²) in [6.07, 6.45) is 0.728. The first-order valence-electron chi connectivity index (χ1n) is 5.98. The molecule has 2 nitrogen and oxygen atoms in total. The average molecular weight is 292 g/mol. The lowest BCUT2D eigenvalue weighted by molar-refractivity contribution is 0.0700. The van der Waals surface area contributed by atoms with Gasteiger partial charge in [-0.3, -0.25) is 4.79 Å². The van der Waals surface area contributed by atoms with Gasteiger partial charge in [-0.25, -0.2) is 13.2 Å². The standard InChI is InChI=1S/C13H13ClF3NO/c1-7-2-3-18(6-9(7)14)13(19)8-4-10(15)12(17)11(16)5-8/h4-5,7,9H,2-3,6H2,1H3. The van der Waals surface area contributed by atoms with Gasteiger partial charge in [0, 0.05) is 18.7 Å². The minimum Gasteiger partial charge on any atom is -0.337 e. The van der Waals surface area contributed by atoms with Gasteiger partial charge in [-0.2, -0.15) is 0 Å². The van der Waals surface area contributed by atoms with Gasteiger partial charge >= 0.3 is 0 Å². The van der Waals surface area contributed by atoms with E-state index < -0.39 is 23.4 Å². The number of carbonyl (C=O) groups excluding carboxylic acids is 1. The van der Waals surface area contributed by atoms with Crippen LogP contribution in [0.3, 0.4) is 0 Å². The van der Waals surface area contributed by atoms with Crippen LogP contribution in [0.5, 0.6) is 0 Å². The second-order valence-corrected chi connectivity index (χ2v) is 5.35. The Labute approximate surface area is 114 Å². The van der Waals surface area contributed by atoms with Gasteiger partial charge in [0.25, 0.3) is 5.91 Å². The van der Waals surface area contributed by atoms with Crippen molar-refractivity contribution in [1.82, 2.24) is 4.90 Å². The predicted octanol–water partition coefficient (Wildman–Crippen LogP) is 3.19. The predicted molar refractivity (Wildman–Crippen MR) is 65.6 cm³/mol. The number of piperidine rings is 1. The first kappa shape index (κ1) is 14.2. The van der Waals surface area contributed by atoms with Crippen molar-refractivity contribution in [3.05, 3.63) is 35.1 Å². The van der Waals surface area contributed by atoms with Gasteiger partial charge in [-0.15, -0.1) is 11.6 Å². The Balaban J connectivity index is 2.20. The van der Waals surface area contributed by atoms with Gasteiger partial charge in [-0.05, 0) is 24.5 Å². The van der Waals surface area contributed by atoms with E-state index in [9.17, 15) is 18.0 Å². The van der Waals surface area contributed by atoms with Crippen molar-refractivity contribution in [1.29, 1.82) is 0 Å². The lowest BCUT2D eigenvalue weighted by Gasteiger charge is -2.34. The molecule has 1 saturated heterocycles. The van der Waals surface area contributed by atoms with Crippen molar-refractivity contribution in [2.75, 3.05) is 13.1 Å². The Morgan fingerprint density at radius 3 is 2.42 bits per heavy atom. The zero-order valence-electron chi connectivity index (χ0n) is 10.3. The third kappa shape index (κ3) is 2.86. The van der Waals surface area contributed by atoms with E-state index in [1.807, 2.05) is 6.92 Å². The molecule has 2 atom stereocenters. The van der Waals surface area contributed by atoms with Gasteiger partial charge < -0.3 is 4.90 Å². The minimum absolute atomic E-state index is 0.187. The van der Waals surface area contributed by atoms with Crippen LogP contribution in [0.1, 0.15) is 23.7 Å². The summed E-state index contributed by atoms with van der Waals surface area (Å²) < 4.78 is 39.0. The van der Waals surface area contributed by atoms with E-state index in [1.165, 1.54) is 4.90 Å². The highest BCUT2D eigenvalue weighted by Crippen LogP contribution is 2.24. The van der Waals surface area contributed by atoms with Crippen LogP contribution in [0.4, 0.5) is 13.2 Å². The first-order chi connectivity index (χ1) is 8.90. The number of likely N-dealkylation sites (tertiary alicyclic amines) is 1. The Kier molecular flexibility index (Phi) is 4.04. The van der Waals surface area contributed by atoms with Crippen LogP contribution in [0, 0.1) is 23.4 Å². The van der Waals surface area contributed by atoms with Crippen LogP contribution < -0.4 is 0 Å². The third-order valence-electron chi connectivity index (χ3n) is 3.38. The number of benzene rings is 1. The molecular formula is C13H13ClF3NO. The maximum atomic E-state index is 13.1. The van der Waals surface area contributed by atoms with Crippen molar-refractivity contribution in [2.45, 2.75) is 18.7 Å². The monoisotopic (exact) mass is 291 g/mol. The molecule has 1 aliphatic heterocycles. The molecule has 0 saturated carbocycles. The summed E-state index contributed by atoms with van der Waals surface area (Å²) in [6, 6.07) is 1.42. The molecule has 2 rings (SSSR count). The fraction of sp³-hybridized carbons (Fsp3) is 0.462. The Morgan fingerprint density at radius 1 is 1.32 bits per heavy atom. The number of hydrogen-bond acceptors (Lipinski definition) is 1. The first-order valence-corrected chi connectivity index (χ1v) is 6.41. The van der Waals surface area contributed by atoms with Crippen LogP contribution in [-0.2, 0) is 0 Å². The highest BCUT2D eigenvalue weighted by Gasteiger charge is 2.28. The Bertz CT molecular complexity index is 486. The maximum Gasteiger partial charge on any atom is 0.254 e. The van der Waals surface area contributed by atoms with Crippen molar-refractivity contribution < 1.29 is 18.0 Å². The molecule has 0 N–H and O–H groups in total. The average Bonchev–Trinajstić information content (AvgIpc) is 2.37. The van der Waals surface area contributed by atoms with Gasteiger partial charge in [0.15, 0.2) is 17.5 Å². The number of carbonyl (C=O) groups is 1. The summed E-state index contributed by atoms with van der Waals surface area (Å²) in [5.41, 5.74) is -0.199. The topological polar surface area (TPSA) is 20.3 Å². The summed E-state index contributed by atoms with van der Waals surface area (Å²) in [6.45, 7) is 2.78. The van der Waals surface area contributed by atoms with E-state index in [0.29, 0.717) is 25.2 Å². The van der Waals surface area contributed by atoms with Crippen LogP contribution in [0.2, 0.25) is 0 Å². The molecule has 1 heterocycles. The molecule has 0 aromatic heterocycles. The smallest absolute Gasteiger partial charge is 0.254 e. The number of nitrogens with zero attached hydrogens (tertiary/aromatic N) is 1. The molecule has 0 radical (unpaired) electrons. The highest BCUT2D eigenvalue weighted by molar-refractivity contribution is 6.21. The van der Waals surface area contributed by atoms with E-state index in [-0.39, 0.29) is 16.9 Å².